The van der Waals surface area contributed by atoms with Gasteiger partial charge in [-0.3, -0.25) is 0 Å². The van der Waals surface area contributed by atoms with Crippen molar-refractivity contribution in [1.82, 2.24) is 9.47 Å². The highest BCUT2D eigenvalue weighted by molar-refractivity contribution is 5.83. The Kier molecular flexibility index (Phi) is 4.31. The summed E-state index contributed by atoms with van der Waals surface area (Å²) in [6, 6.07) is 8.24. The third-order valence-corrected chi connectivity index (χ3v) is 4.37. The number of methoxy groups -OCH3 is 1. The molecule has 2 aromatic rings. The molecule has 1 aliphatic rings. The summed E-state index contributed by atoms with van der Waals surface area (Å²) in [7, 11) is 1.75. The summed E-state index contributed by atoms with van der Waals surface area (Å²) >= 11 is 0. The number of aromatic nitrogens is 1. The Morgan fingerprint density at radius 3 is 2.81 bits per heavy atom. The fraction of sp³-hybridized carbons (Fsp3) is 0.500. The maximum Gasteiger partial charge on any atom is 0.110 e. The minimum absolute atomic E-state index is 0.500. The largest absolute Gasteiger partial charge is 0.383 e. The van der Waals surface area contributed by atoms with Crippen LogP contribution in [0.4, 0.5) is 5.69 Å². The second-order valence-electron chi connectivity index (χ2n) is 5.62. The van der Waals surface area contributed by atoms with Gasteiger partial charge in [0.2, 0.25) is 0 Å². The van der Waals surface area contributed by atoms with Crippen LogP contribution in [-0.4, -0.2) is 42.8 Å². The predicted octanol–water partition coefficient (Wildman–Crippen LogP) is 3.32. The highest BCUT2D eigenvalue weighted by Gasteiger charge is 2.21. The molecule has 1 saturated heterocycles. The van der Waals surface area contributed by atoms with Gasteiger partial charge in [0.25, 0.3) is 0 Å². The summed E-state index contributed by atoms with van der Waals surface area (Å²) in [6.07, 6.45) is 4.40. The van der Waals surface area contributed by atoms with E-state index in [1.54, 1.807) is 13.2 Å². The van der Waals surface area contributed by atoms with Crippen molar-refractivity contribution in [2.45, 2.75) is 18.9 Å². The SMILES string of the molecule is COCCN1CCC(n2ccc3ccc(N=O)cc32)CC1. The van der Waals surface area contributed by atoms with Crippen LogP contribution in [0.25, 0.3) is 10.9 Å². The van der Waals surface area contributed by atoms with Gasteiger partial charge in [-0.25, -0.2) is 0 Å². The highest BCUT2D eigenvalue weighted by Crippen LogP contribution is 2.29. The molecule has 1 aromatic carbocycles. The molecule has 1 aromatic heterocycles. The number of hydrogen-bond donors (Lipinski definition) is 0. The van der Waals surface area contributed by atoms with Crippen molar-refractivity contribution >= 4 is 16.6 Å². The van der Waals surface area contributed by atoms with Crippen molar-refractivity contribution in [3.63, 3.8) is 0 Å². The van der Waals surface area contributed by atoms with E-state index in [9.17, 15) is 4.91 Å². The molecule has 0 unspecified atom stereocenters. The smallest absolute Gasteiger partial charge is 0.110 e. The number of nitroso groups, excluding NO2 is 1. The van der Waals surface area contributed by atoms with E-state index < -0.39 is 0 Å². The molecule has 5 heteroatoms. The van der Waals surface area contributed by atoms with Gasteiger partial charge in [-0.1, -0.05) is 6.07 Å². The first kappa shape index (κ1) is 14.2. The van der Waals surface area contributed by atoms with Gasteiger partial charge in [-0.05, 0) is 41.6 Å². The zero-order valence-corrected chi connectivity index (χ0v) is 12.4. The van der Waals surface area contributed by atoms with E-state index in [2.05, 4.69) is 26.9 Å². The lowest BCUT2D eigenvalue weighted by atomic mass is 10.0. The van der Waals surface area contributed by atoms with Crippen molar-refractivity contribution in [1.29, 1.82) is 0 Å². The summed E-state index contributed by atoms with van der Waals surface area (Å²) in [6.45, 7) is 4.00. The summed E-state index contributed by atoms with van der Waals surface area (Å²) in [5, 5.41) is 4.22. The van der Waals surface area contributed by atoms with Crippen LogP contribution in [0.1, 0.15) is 18.9 Å². The second-order valence-corrected chi connectivity index (χ2v) is 5.62. The van der Waals surface area contributed by atoms with Crippen molar-refractivity contribution in [2.24, 2.45) is 5.18 Å². The van der Waals surface area contributed by atoms with Crippen molar-refractivity contribution < 1.29 is 4.74 Å². The normalized spacial score (nSPS) is 17.4. The van der Waals surface area contributed by atoms with Crippen molar-refractivity contribution in [3.05, 3.63) is 35.4 Å². The molecule has 1 fully saturated rings. The van der Waals surface area contributed by atoms with Crippen LogP contribution in [0.15, 0.2) is 35.6 Å². The van der Waals surface area contributed by atoms with Gasteiger partial charge >= 0.3 is 0 Å². The first-order valence-corrected chi connectivity index (χ1v) is 7.47. The van der Waals surface area contributed by atoms with E-state index in [0.29, 0.717) is 11.7 Å². The van der Waals surface area contributed by atoms with E-state index in [4.69, 9.17) is 4.74 Å². The third-order valence-electron chi connectivity index (χ3n) is 4.37. The summed E-state index contributed by atoms with van der Waals surface area (Å²) < 4.78 is 7.44. The lowest BCUT2D eigenvalue weighted by Gasteiger charge is -2.32. The highest BCUT2D eigenvalue weighted by atomic mass is 16.5. The number of rotatable bonds is 5. The predicted molar refractivity (Wildman–Crippen MR) is 84.0 cm³/mol. The molecule has 0 aliphatic carbocycles. The molecule has 112 valence electrons. The van der Waals surface area contributed by atoms with E-state index in [0.717, 1.165) is 44.6 Å². The fourth-order valence-electron chi connectivity index (χ4n) is 3.15. The molecule has 1 aliphatic heterocycles. The average Bonchev–Trinajstić information content (AvgIpc) is 2.96. The number of likely N-dealkylation sites (tertiary alicyclic amines) is 1. The Balaban J connectivity index is 1.74. The molecule has 0 radical (unpaired) electrons. The van der Waals surface area contributed by atoms with Gasteiger partial charge in [0.15, 0.2) is 0 Å². The molecule has 0 atom stereocenters. The number of nitrogens with zero attached hydrogens (tertiary/aromatic N) is 3. The Bertz CT molecular complexity index is 615. The van der Waals surface area contributed by atoms with E-state index in [1.807, 2.05) is 12.1 Å². The van der Waals surface area contributed by atoms with E-state index in [-0.39, 0.29) is 0 Å². The van der Waals surface area contributed by atoms with Crippen LogP contribution in [0.5, 0.6) is 0 Å². The van der Waals surface area contributed by atoms with E-state index >= 15 is 0 Å². The fourth-order valence-corrected chi connectivity index (χ4v) is 3.15. The Morgan fingerprint density at radius 1 is 1.29 bits per heavy atom. The second kappa shape index (κ2) is 6.37. The molecule has 3 rings (SSSR count). The number of fused-ring (bicyclic) bond motifs is 1. The lowest BCUT2D eigenvalue weighted by molar-refractivity contribution is 0.122. The molecule has 5 nitrogen and oxygen atoms in total. The van der Waals surface area contributed by atoms with Gasteiger partial charge in [0.1, 0.15) is 5.69 Å². The average molecular weight is 287 g/mol. The molecule has 0 spiro atoms. The van der Waals surface area contributed by atoms with Crippen LogP contribution in [0.3, 0.4) is 0 Å². The summed E-state index contributed by atoms with van der Waals surface area (Å²) in [4.78, 5) is 13.2. The number of ether oxygens (including phenoxy) is 1. The van der Waals surface area contributed by atoms with Gasteiger partial charge in [-0.2, -0.15) is 0 Å². The standard InChI is InChI=1S/C16H21N3O2/c1-21-11-10-18-7-5-15(6-8-18)19-9-4-13-2-3-14(17-20)12-16(13)19/h2-4,9,12,15H,5-8,10-11H2,1H3. The first-order chi connectivity index (χ1) is 10.3. The lowest BCUT2D eigenvalue weighted by Crippen LogP contribution is -2.36. The Labute approximate surface area is 124 Å². The monoisotopic (exact) mass is 287 g/mol. The van der Waals surface area contributed by atoms with Crippen molar-refractivity contribution in [3.8, 4) is 0 Å². The van der Waals surface area contributed by atoms with Gasteiger partial charge in [0.05, 0.1) is 12.1 Å². The molecule has 0 saturated carbocycles. The molecular formula is C16H21N3O2. The number of piperidine rings is 1. The molecule has 0 amide bonds. The van der Waals surface area contributed by atoms with Crippen LogP contribution in [0.2, 0.25) is 0 Å². The molecule has 0 N–H and O–H groups in total. The van der Waals surface area contributed by atoms with Crippen LogP contribution in [-0.2, 0) is 4.74 Å². The summed E-state index contributed by atoms with van der Waals surface area (Å²) in [5.41, 5.74) is 1.61. The minimum Gasteiger partial charge on any atom is -0.383 e. The van der Waals surface area contributed by atoms with Gasteiger partial charge in [0, 0.05) is 39.0 Å². The summed E-state index contributed by atoms with van der Waals surface area (Å²) in [5.74, 6) is 0. The maximum absolute atomic E-state index is 10.7. The maximum atomic E-state index is 10.7. The Morgan fingerprint density at radius 2 is 2.10 bits per heavy atom. The number of benzene rings is 1. The molecule has 2 heterocycles. The molecule has 21 heavy (non-hydrogen) atoms. The van der Waals surface area contributed by atoms with Crippen LogP contribution < -0.4 is 0 Å². The zero-order valence-electron chi connectivity index (χ0n) is 12.4. The minimum atomic E-state index is 0.500. The molecule has 0 bridgehead atoms. The van der Waals surface area contributed by atoms with Crippen molar-refractivity contribution in [2.75, 3.05) is 33.4 Å². The van der Waals surface area contributed by atoms with E-state index in [1.165, 1.54) is 5.39 Å². The first-order valence-electron chi connectivity index (χ1n) is 7.47. The number of hydrogen-bond acceptors (Lipinski definition) is 4. The molecular weight excluding hydrogens is 266 g/mol. The van der Waals surface area contributed by atoms with Gasteiger partial charge in [-0.15, -0.1) is 4.91 Å². The van der Waals surface area contributed by atoms with Gasteiger partial charge < -0.3 is 14.2 Å². The van der Waals surface area contributed by atoms with Crippen LogP contribution in [0, 0.1) is 4.91 Å². The topological polar surface area (TPSA) is 46.8 Å². The van der Waals surface area contributed by atoms with Crippen LogP contribution >= 0.6 is 0 Å². The Hall–Kier alpha value is -1.72. The zero-order chi connectivity index (χ0) is 14.7. The quantitative estimate of drug-likeness (QED) is 0.792. The third kappa shape index (κ3) is 2.99.